The summed E-state index contributed by atoms with van der Waals surface area (Å²) in [5.41, 5.74) is 16.2. The first-order valence-corrected chi connectivity index (χ1v) is 8.29. The fourth-order valence-corrected chi connectivity index (χ4v) is 3.46. The molecule has 0 aliphatic heterocycles. The Hall–Kier alpha value is -1.59. The van der Waals surface area contributed by atoms with Crippen molar-refractivity contribution in [3.05, 3.63) is 11.1 Å². The minimum Gasteiger partial charge on any atom is -0.380 e. The van der Waals surface area contributed by atoms with Crippen molar-refractivity contribution < 1.29 is 0 Å². The highest BCUT2D eigenvalue weighted by Crippen LogP contribution is 2.24. The Labute approximate surface area is 128 Å². The molecule has 2 rings (SSSR count). The molecule has 11 heteroatoms. The summed E-state index contributed by atoms with van der Waals surface area (Å²) >= 11 is 4.36. The molecule has 20 heavy (non-hydrogen) atoms. The molecule has 7 N–H and O–H groups in total. The maximum atomic E-state index is 5.62. The zero-order valence-corrected chi connectivity index (χ0v) is 12.9. The van der Waals surface area contributed by atoms with E-state index in [1.807, 2.05) is 0 Å². The molecule has 0 saturated carbocycles. The molecule has 0 unspecified atom stereocenters. The van der Waals surface area contributed by atoms with Crippen LogP contribution >= 0.6 is 34.8 Å². The van der Waals surface area contributed by atoms with E-state index in [9.17, 15) is 0 Å². The Morgan fingerprint density at radius 2 is 2.25 bits per heavy atom. The van der Waals surface area contributed by atoms with Crippen molar-refractivity contribution in [3.63, 3.8) is 0 Å². The number of nitrogen functional groups attached to an aromatic ring is 1. The zero-order valence-electron chi connectivity index (χ0n) is 10.4. The van der Waals surface area contributed by atoms with Crippen LogP contribution in [-0.2, 0) is 5.75 Å². The Kier molecular flexibility index (Phi) is 5.38. The molecule has 0 fully saturated rings. The number of hydrogen-bond donors (Lipinski definition) is 4. The minimum atomic E-state index is 0.0252. The van der Waals surface area contributed by atoms with Gasteiger partial charge in [-0.15, -0.1) is 0 Å². The van der Waals surface area contributed by atoms with Crippen LogP contribution in [0.15, 0.2) is 11.2 Å². The van der Waals surface area contributed by atoms with E-state index in [0.717, 1.165) is 34.7 Å². The first-order chi connectivity index (χ1) is 9.65. The van der Waals surface area contributed by atoms with Crippen LogP contribution in [0.4, 0.5) is 16.8 Å². The molecular weight excluding hydrogens is 316 g/mol. The Bertz CT molecular complexity index is 573. The standard InChI is InChI=1S/C9H14N8S3/c10-6-7(17-20-16-6)13-1-2-18-4-5-3-14-9(19-5)15-8(11)12/h3H,1-2,4H2,(H2,10,16)(H,13,17)(H4,11,12,14,15). The predicted molar refractivity (Wildman–Crippen MR) is 86.6 cm³/mol. The van der Waals surface area contributed by atoms with E-state index in [1.54, 1.807) is 18.0 Å². The third-order valence-corrected chi connectivity index (χ3v) is 4.69. The molecule has 0 bridgehead atoms. The molecule has 0 amide bonds. The van der Waals surface area contributed by atoms with Crippen LogP contribution in [0, 0.1) is 0 Å². The van der Waals surface area contributed by atoms with E-state index in [2.05, 4.69) is 24.0 Å². The van der Waals surface area contributed by atoms with Crippen molar-refractivity contribution in [2.45, 2.75) is 5.75 Å². The van der Waals surface area contributed by atoms with Gasteiger partial charge in [0.15, 0.2) is 17.6 Å². The molecule has 0 spiro atoms. The number of nitrogens with two attached hydrogens (primary N) is 3. The van der Waals surface area contributed by atoms with Gasteiger partial charge in [-0.2, -0.15) is 25.5 Å². The van der Waals surface area contributed by atoms with Crippen LogP contribution in [0.25, 0.3) is 0 Å². The molecule has 0 radical (unpaired) electrons. The Morgan fingerprint density at radius 1 is 1.40 bits per heavy atom. The number of hydrogen-bond acceptors (Lipinski definition) is 9. The van der Waals surface area contributed by atoms with Gasteiger partial charge in [-0.25, -0.2) is 4.98 Å². The molecule has 0 aromatic carbocycles. The fraction of sp³-hybridized carbons (Fsp3) is 0.333. The maximum Gasteiger partial charge on any atom is 0.212 e. The highest BCUT2D eigenvalue weighted by atomic mass is 32.2. The van der Waals surface area contributed by atoms with Gasteiger partial charge in [0.1, 0.15) is 0 Å². The van der Waals surface area contributed by atoms with Crippen molar-refractivity contribution in [1.82, 2.24) is 13.7 Å². The lowest BCUT2D eigenvalue weighted by molar-refractivity contribution is 1.20. The average molecular weight is 330 g/mol. The topological polar surface area (TPSA) is 141 Å². The Balaban J connectivity index is 1.67. The van der Waals surface area contributed by atoms with Gasteiger partial charge in [-0.05, 0) is 0 Å². The molecule has 8 nitrogen and oxygen atoms in total. The minimum absolute atomic E-state index is 0.0252. The van der Waals surface area contributed by atoms with Crippen molar-refractivity contribution in [1.29, 1.82) is 0 Å². The van der Waals surface area contributed by atoms with Crippen molar-refractivity contribution in [2.24, 2.45) is 16.5 Å². The summed E-state index contributed by atoms with van der Waals surface area (Å²) in [7, 11) is 0. The highest BCUT2D eigenvalue weighted by molar-refractivity contribution is 7.98. The molecule has 0 aliphatic carbocycles. The molecule has 0 atom stereocenters. The first kappa shape index (κ1) is 14.8. The van der Waals surface area contributed by atoms with Crippen LogP contribution in [0.1, 0.15) is 4.88 Å². The average Bonchev–Trinajstić information content (AvgIpc) is 2.98. The van der Waals surface area contributed by atoms with Gasteiger partial charge in [0.25, 0.3) is 0 Å². The number of thiazole rings is 1. The number of nitrogens with zero attached hydrogens (tertiary/aromatic N) is 4. The number of aromatic nitrogens is 3. The van der Waals surface area contributed by atoms with Crippen molar-refractivity contribution in [3.8, 4) is 0 Å². The van der Waals surface area contributed by atoms with Crippen LogP contribution in [0.5, 0.6) is 0 Å². The normalized spacial score (nSPS) is 10.4. The molecule has 2 heterocycles. The van der Waals surface area contributed by atoms with E-state index in [-0.39, 0.29) is 5.96 Å². The number of guanidine groups is 1. The third kappa shape index (κ3) is 4.51. The summed E-state index contributed by atoms with van der Waals surface area (Å²) in [5.74, 6) is 2.92. The van der Waals surface area contributed by atoms with Crippen molar-refractivity contribution >= 4 is 57.6 Å². The quantitative estimate of drug-likeness (QED) is 0.332. The van der Waals surface area contributed by atoms with Crippen LogP contribution < -0.4 is 22.5 Å². The Morgan fingerprint density at radius 3 is 2.95 bits per heavy atom. The summed E-state index contributed by atoms with van der Waals surface area (Å²) in [6.07, 6.45) is 1.79. The smallest absolute Gasteiger partial charge is 0.212 e. The number of thioether (sulfide) groups is 1. The SMILES string of the molecule is NC(N)=Nc1ncc(CSCCNc2nsnc2N)s1. The second-order valence-electron chi connectivity index (χ2n) is 3.62. The summed E-state index contributed by atoms with van der Waals surface area (Å²) in [5, 5.41) is 3.72. The van der Waals surface area contributed by atoms with Crippen molar-refractivity contribution in [2.75, 3.05) is 23.3 Å². The molecule has 108 valence electrons. The van der Waals surface area contributed by atoms with E-state index in [4.69, 9.17) is 17.2 Å². The number of nitrogens with one attached hydrogen (secondary N) is 1. The number of rotatable bonds is 7. The van der Waals surface area contributed by atoms with E-state index in [1.165, 1.54) is 11.3 Å². The van der Waals surface area contributed by atoms with Gasteiger partial charge in [-0.1, -0.05) is 11.3 Å². The second kappa shape index (κ2) is 7.26. The summed E-state index contributed by atoms with van der Waals surface area (Å²) in [6.45, 7) is 0.778. The number of aliphatic imine (C=N–C) groups is 1. The summed E-state index contributed by atoms with van der Waals surface area (Å²) in [6, 6.07) is 0. The van der Waals surface area contributed by atoms with Gasteiger partial charge in [0.05, 0.1) is 11.7 Å². The lowest BCUT2D eigenvalue weighted by Gasteiger charge is -2.02. The zero-order chi connectivity index (χ0) is 14.4. The predicted octanol–water partition coefficient (Wildman–Crippen LogP) is 0.827. The van der Waals surface area contributed by atoms with Gasteiger partial charge >= 0.3 is 0 Å². The van der Waals surface area contributed by atoms with Gasteiger partial charge in [0.2, 0.25) is 5.13 Å². The van der Waals surface area contributed by atoms with Gasteiger partial charge in [-0.3, -0.25) is 0 Å². The van der Waals surface area contributed by atoms with E-state index < -0.39 is 0 Å². The monoisotopic (exact) mass is 330 g/mol. The van der Waals surface area contributed by atoms with E-state index in [0.29, 0.717) is 16.8 Å². The second-order valence-corrected chi connectivity index (χ2v) is 6.35. The molecule has 0 aliphatic rings. The fourth-order valence-electron chi connectivity index (χ4n) is 1.26. The maximum absolute atomic E-state index is 5.62. The molecule has 0 saturated heterocycles. The van der Waals surface area contributed by atoms with Crippen LogP contribution in [0.2, 0.25) is 0 Å². The number of anilines is 2. The van der Waals surface area contributed by atoms with Crippen LogP contribution in [0.3, 0.4) is 0 Å². The van der Waals surface area contributed by atoms with Gasteiger partial charge < -0.3 is 22.5 Å². The molecular formula is C9H14N8S3. The summed E-state index contributed by atoms with van der Waals surface area (Å²) < 4.78 is 7.93. The lowest BCUT2D eigenvalue weighted by atomic mass is 10.6. The molecule has 2 aromatic heterocycles. The summed E-state index contributed by atoms with van der Waals surface area (Å²) in [4.78, 5) is 9.14. The first-order valence-electron chi connectivity index (χ1n) is 5.59. The van der Waals surface area contributed by atoms with Crippen LogP contribution in [-0.4, -0.2) is 32.0 Å². The highest BCUT2D eigenvalue weighted by Gasteiger charge is 2.03. The van der Waals surface area contributed by atoms with Gasteiger partial charge in [0, 0.05) is 29.1 Å². The van der Waals surface area contributed by atoms with E-state index >= 15 is 0 Å². The largest absolute Gasteiger partial charge is 0.380 e. The lowest BCUT2D eigenvalue weighted by Crippen LogP contribution is -2.21. The third-order valence-electron chi connectivity index (χ3n) is 2.06. The molecule has 2 aromatic rings.